The highest BCUT2D eigenvalue weighted by molar-refractivity contribution is 6.22. The highest BCUT2D eigenvalue weighted by Gasteiger charge is 2.44. The lowest BCUT2D eigenvalue weighted by molar-refractivity contribution is -0.123. The lowest BCUT2D eigenvalue weighted by atomic mass is 9.78. The van der Waals surface area contributed by atoms with Gasteiger partial charge in [0.05, 0.1) is 24.8 Å². The Bertz CT molecular complexity index is 1090. The summed E-state index contributed by atoms with van der Waals surface area (Å²) in [4.78, 5) is 44.4. The van der Waals surface area contributed by atoms with Gasteiger partial charge in [-0.15, -0.1) is 0 Å². The Morgan fingerprint density at radius 3 is 2.11 bits per heavy atom. The van der Waals surface area contributed by atoms with Crippen molar-refractivity contribution in [1.82, 2.24) is 9.80 Å². The van der Waals surface area contributed by atoms with Crippen LogP contribution in [-0.2, 0) is 9.59 Å². The summed E-state index contributed by atoms with van der Waals surface area (Å²) in [5.74, 6) is 1.87. The standard InChI is InChI=1S/C30H37N3O4/c1-2-20-37-26-10-8-25(9-11-26)33-28(34)21-27(30(33)36)31-16-12-22(13-17-31)23-14-18-32(19-15-23)29(35)24-6-4-3-5-7-24/h3-11,22-23,27H,2,12-21H2,1H3/t27-/m0/s1. The van der Waals surface area contributed by atoms with Gasteiger partial charge in [-0.1, -0.05) is 25.1 Å². The molecule has 0 aliphatic carbocycles. The van der Waals surface area contributed by atoms with Crippen LogP contribution in [-0.4, -0.2) is 66.3 Å². The Hall–Kier alpha value is -3.19. The first-order chi connectivity index (χ1) is 18.0. The molecular formula is C30H37N3O4. The van der Waals surface area contributed by atoms with Gasteiger partial charge in [0.15, 0.2) is 0 Å². The van der Waals surface area contributed by atoms with Crippen molar-refractivity contribution in [1.29, 1.82) is 0 Å². The lowest BCUT2D eigenvalue weighted by Crippen LogP contribution is -2.47. The van der Waals surface area contributed by atoms with Gasteiger partial charge >= 0.3 is 0 Å². The molecule has 3 aliphatic heterocycles. The van der Waals surface area contributed by atoms with Crippen molar-refractivity contribution in [3.8, 4) is 5.75 Å². The zero-order chi connectivity index (χ0) is 25.8. The van der Waals surface area contributed by atoms with Crippen molar-refractivity contribution in [2.24, 2.45) is 11.8 Å². The minimum Gasteiger partial charge on any atom is -0.494 e. The molecule has 3 heterocycles. The molecule has 196 valence electrons. The van der Waals surface area contributed by atoms with Crippen LogP contribution in [0.2, 0.25) is 0 Å². The maximum Gasteiger partial charge on any atom is 0.253 e. The van der Waals surface area contributed by atoms with Crippen molar-refractivity contribution >= 4 is 23.4 Å². The summed E-state index contributed by atoms with van der Waals surface area (Å²) in [7, 11) is 0. The van der Waals surface area contributed by atoms with E-state index in [4.69, 9.17) is 4.74 Å². The van der Waals surface area contributed by atoms with E-state index in [1.807, 2.05) is 47.4 Å². The summed E-state index contributed by atoms with van der Waals surface area (Å²) in [5.41, 5.74) is 1.38. The van der Waals surface area contributed by atoms with Crippen LogP contribution >= 0.6 is 0 Å². The number of hydrogen-bond donors (Lipinski definition) is 0. The van der Waals surface area contributed by atoms with E-state index in [9.17, 15) is 14.4 Å². The first-order valence-corrected chi connectivity index (χ1v) is 13.7. The first-order valence-electron chi connectivity index (χ1n) is 13.7. The maximum atomic E-state index is 13.3. The Morgan fingerprint density at radius 1 is 0.865 bits per heavy atom. The fourth-order valence-corrected chi connectivity index (χ4v) is 6.12. The molecule has 3 aliphatic rings. The van der Waals surface area contributed by atoms with Crippen molar-refractivity contribution in [3.05, 3.63) is 60.2 Å². The summed E-state index contributed by atoms with van der Waals surface area (Å²) < 4.78 is 5.62. The van der Waals surface area contributed by atoms with Gasteiger partial charge in [0.1, 0.15) is 5.75 Å². The van der Waals surface area contributed by atoms with Gasteiger partial charge in [0, 0.05) is 18.7 Å². The molecule has 3 saturated heterocycles. The molecule has 7 heteroatoms. The van der Waals surface area contributed by atoms with Crippen LogP contribution < -0.4 is 9.64 Å². The Balaban J connectivity index is 1.11. The van der Waals surface area contributed by atoms with Gasteiger partial charge in [0.25, 0.3) is 11.8 Å². The van der Waals surface area contributed by atoms with Gasteiger partial charge in [-0.05, 0) is 93.4 Å². The molecule has 0 unspecified atom stereocenters. The third kappa shape index (κ3) is 5.57. The number of hydrogen-bond acceptors (Lipinski definition) is 5. The fourth-order valence-electron chi connectivity index (χ4n) is 6.12. The number of piperidine rings is 2. The summed E-state index contributed by atoms with van der Waals surface area (Å²) in [5, 5.41) is 0. The third-order valence-electron chi connectivity index (χ3n) is 8.22. The van der Waals surface area contributed by atoms with Gasteiger partial charge in [-0.2, -0.15) is 0 Å². The third-order valence-corrected chi connectivity index (χ3v) is 8.22. The number of ether oxygens (including phenoxy) is 1. The number of rotatable bonds is 7. The molecular weight excluding hydrogens is 466 g/mol. The van der Waals surface area contributed by atoms with Gasteiger partial charge in [-0.3, -0.25) is 19.3 Å². The molecule has 2 aromatic rings. The smallest absolute Gasteiger partial charge is 0.253 e. The van der Waals surface area contributed by atoms with E-state index in [0.29, 0.717) is 24.1 Å². The highest BCUT2D eigenvalue weighted by Crippen LogP contribution is 2.35. The average molecular weight is 504 g/mol. The van der Waals surface area contributed by atoms with Crippen molar-refractivity contribution < 1.29 is 19.1 Å². The lowest BCUT2D eigenvalue weighted by Gasteiger charge is -2.41. The molecule has 3 fully saturated rings. The van der Waals surface area contributed by atoms with E-state index >= 15 is 0 Å². The molecule has 2 aromatic carbocycles. The van der Waals surface area contributed by atoms with E-state index in [1.54, 1.807) is 12.1 Å². The molecule has 37 heavy (non-hydrogen) atoms. The molecule has 3 amide bonds. The molecule has 0 spiro atoms. The zero-order valence-electron chi connectivity index (χ0n) is 21.7. The van der Waals surface area contributed by atoms with Crippen molar-refractivity contribution in [2.45, 2.75) is 51.5 Å². The van der Waals surface area contributed by atoms with Crippen LogP contribution in [0.25, 0.3) is 0 Å². The predicted octanol–water partition coefficient (Wildman–Crippen LogP) is 4.37. The number of likely N-dealkylation sites (tertiary alicyclic amines) is 2. The summed E-state index contributed by atoms with van der Waals surface area (Å²) >= 11 is 0. The summed E-state index contributed by atoms with van der Waals surface area (Å²) in [6.45, 7) is 6.00. The maximum absolute atomic E-state index is 13.3. The van der Waals surface area contributed by atoms with Crippen molar-refractivity contribution in [2.75, 3.05) is 37.7 Å². The predicted molar refractivity (Wildman–Crippen MR) is 142 cm³/mol. The molecule has 7 nitrogen and oxygen atoms in total. The number of amides is 3. The minimum absolute atomic E-state index is 0.113. The number of benzene rings is 2. The second kappa shape index (κ2) is 11.5. The molecule has 0 aromatic heterocycles. The van der Waals surface area contributed by atoms with Gasteiger partial charge in [-0.25, -0.2) is 4.90 Å². The van der Waals surface area contributed by atoms with E-state index in [0.717, 1.165) is 69.6 Å². The fraction of sp³-hybridized carbons (Fsp3) is 0.500. The van der Waals surface area contributed by atoms with Gasteiger partial charge < -0.3 is 9.64 Å². The van der Waals surface area contributed by atoms with Crippen LogP contribution in [0.15, 0.2) is 54.6 Å². The molecule has 0 N–H and O–H groups in total. The quantitative estimate of drug-likeness (QED) is 0.525. The Kier molecular flexibility index (Phi) is 7.89. The van der Waals surface area contributed by atoms with Crippen LogP contribution in [0, 0.1) is 11.8 Å². The topological polar surface area (TPSA) is 70.2 Å². The number of anilines is 1. The van der Waals surface area contributed by atoms with Crippen molar-refractivity contribution in [3.63, 3.8) is 0 Å². The monoisotopic (exact) mass is 503 g/mol. The average Bonchev–Trinajstić information content (AvgIpc) is 3.26. The van der Waals surface area contributed by atoms with Gasteiger partial charge in [0.2, 0.25) is 5.91 Å². The summed E-state index contributed by atoms with van der Waals surface area (Å²) in [6, 6.07) is 16.4. The molecule has 0 radical (unpaired) electrons. The van der Waals surface area contributed by atoms with Crippen LogP contribution in [0.3, 0.4) is 0 Å². The molecule has 1 atom stereocenters. The van der Waals surface area contributed by atoms with E-state index < -0.39 is 0 Å². The Labute approximate surface area is 219 Å². The zero-order valence-corrected chi connectivity index (χ0v) is 21.7. The van der Waals surface area contributed by atoms with Crippen LogP contribution in [0.5, 0.6) is 5.75 Å². The number of imide groups is 1. The van der Waals surface area contributed by atoms with Crippen LogP contribution in [0.4, 0.5) is 5.69 Å². The number of nitrogens with zero attached hydrogens (tertiary/aromatic N) is 3. The van der Waals surface area contributed by atoms with E-state index in [1.165, 1.54) is 4.90 Å². The van der Waals surface area contributed by atoms with E-state index in [-0.39, 0.29) is 30.2 Å². The van der Waals surface area contributed by atoms with E-state index in [2.05, 4.69) is 11.8 Å². The molecule has 0 saturated carbocycles. The van der Waals surface area contributed by atoms with Crippen LogP contribution in [0.1, 0.15) is 55.8 Å². The number of carbonyl (C=O) groups is 3. The highest BCUT2D eigenvalue weighted by atomic mass is 16.5. The normalized spacial score (nSPS) is 22.0. The summed E-state index contributed by atoms with van der Waals surface area (Å²) in [6.07, 6.45) is 5.33. The molecule has 5 rings (SSSR count). The largest absolute Gasteiger partial charge is 0.494 e. The Morgan fingerprint density at radius 2 is 1.49 bits per heavy atom. The number of carbonyl (C=O) groups excluding carboxylic acids is 3. The second-order valence-electron chi connectivity index (χ2n) is 10.5. The second-order valence-corrected chi connectivity index (χ2v) is 10.5. The molecule has 0 bridgehead atoms. The minimum atomic E-state index is -0.366. The SMILES string of the molecule is CCCOc1ccc(N2C(=O)C[C@H](N3CCC(C4CCN(C(=O)c5ccccc5)CC4)CC3)C2=O)cc1. The first kappa shape index (κ1) is 25.5.